The van der Waals surface area contributed by atoms with Gasteiger partial charge < -0.3 is 15.5 Å². The van der Waals surface area contributed by atoms with Gasteiger partial charge in [-0.3, -0.25) is 4.79 Å². The molecule has 0 aliphatic heterocycles. The molecule has 84 valence electrons. The van der Waals surface area contributed by atoms with E-state index in [1.54, 1.807) is 0 Å². The maximum atomic E-state index is 11.5. The molecule has 0 saturated carbocycles. The molecular weight excluding hydrogens is 182 g/mol. The molecule has 0 aromatic rings. The Morgan fingerprint density at radius 3 is 2.29 bits per heavy atom. The number of nitrogens with one attached hydrogen (secondary N) is 1. The molecule has 2 atom stereocenters. The fraction of sp³-hybridized carbons (Fsp3) is 0.900. The predicted molar refractivity (Wildman–Crippen MR) is 54.7 cm³/mol. The first-order valence-electron chi connectivity index (χ1n) is 4.85. The Morgan fingerprint density at radius 1 is 1.43 bits per heavy atom. The molecule has 14 heavy (non-hydrogen) atoms. The Labute approximate surface area is 85.3 Å². The molecule has 0 fully saturated rings. The molecule has 0 rings (SSSR count). The lowest BCUT2D eigenvalue weighted by Crippen LogP contribution is -2.40. The largest absolute Gasteiger partial charge is 0.394 e. The number of rotatable bonds is 4. The van der Waals surface area contributed by atoms with Gasteiger partial charge in [0.1, 0.15) is 0 Å². The number of aliphatic hydroxyl groups is 2. The third-order valence-corrected chi connectivity index (χ3v) is 2.41. The normalized spacial score (nSPS) is 16.1. The minimum absolute atomic E-state index is 0.0890. The van der Waals surface area contributed by atoms with Gasteiger partial charge in [0, 0.05) is 12.5 Å². The lowest BCUT2D eigenvalue weighted by Gasteiger charge is -2.26. The van der Waals surface area contributed by atoms with Crippen molar-refractivity contribution in [2.24, 2.45) is 11.3 Å². The van der Waals surface area contributed by atoms with Crippen molar-refractivity contribution in [1.82, 2.24) is 5.32 Å². The van der Waals surface area contributed by atoms with Gasteiger partial charge in [0.2, 0.25) is 5.91 Å². The molecule has 0 aliphatic carbocycles. The summed E-state index contributed by atoms with van der Waals surface area (Å²) in [4.78, 5) is 11.5. The van der Waals surface area contributed by atoms with Gasteiger partial charge in [-0.1, -0.05) is 27.7 Å². The highest BCUT2D eigenvalue weighted by molar-refractivity contribution is 5.78. The van der Waals surface area contributed by atoms with E-state index in [4.69, 9.17) is 10.2 Å². The number of amides is 1. The molecule has 0 bridgehead atoms. The van der Waals surface area contributed by atoms with Crippen LogP contribution in [0.15, 0.2) is 0 Å². The minimum atomic E-state index is -0.869. The lowest BCUT2D eigenvalue weighted by atomic mass is 9.81. The average molecular weight is 203 g/mol. The van der Waals surface area contributed by atoms with Crippen LogP contribution in [0.3, 0.4) is 0 Å². The molecule has 4 heteroatoms. The Kier molecular flexibility index (Phi) is 5.08. The predicted octanol–water partition coefficient (Wildman–Crippen LogP) is 0.138. The maximum Gasteiger partial charge on any atom is 0.223 e. The molecular formula is C10H21NO3. The van der Waals surface area contributed by atoms with E-state index in [1.807, 2.05) is 27.7 Å². The van der Waals surface area contributed by atoms with Crippen molar-refractivity contribution in [2.75, 3.05) is 13.2 Å². The highest BCUT2D eigenvalue weighted by Gasteiger charge is 2.26. The van der Waals surface area contributed by atoms with Gasteiger partial charge in [0.05, 0.1) is 12.7 Å². The van der Waals surface area contributed by atoms with Crippen LogP contribution in [0.5, 0.6) is 0 Å². The molecule has 0 heterocycles. The fourth-order valence-electron chi connectivity index (χ4n) is 0.829. The van der Waals surface area contributed by atoms with Crippen LogP contribution in [-0.4, -0.2) is 35.4 Å². The van der Waals surface area contributed by atoms with Crippen molar-refractivity contribution in [1.29, 1.82) is 0 Å². The Bertz CT molecular complexity index is 186. The van der Waals surface area contributed by atoms with Gasteiger partial charge >= 0.3 is 0 Å². The minimum Gasteiger partial charge on any atom is -0.394 e. The molecule has 0 aliphatic rings. The summed E-state index contributed by atoms with van der Waals surface area (Å²) in [6.45, 7) is 7.58. The van der Waals surface area contributed by atoms with Crippen molar-refractivity contribution >= 4 is 5.91 Å². The quantitative estimate of drug-likeness (QED) is 0.608. The Morgan fingerprint density at radius 2 is 1.93 bits per heavy atom. The summed E-state index contributed by atoms with van der Waals surface area (Å²) >= 11 is 0. The van der Waals surface area contributed by atoms with Gasteiger partial charge in [-0.25, -0.2) is 0 Å². The standard InChI is InChI=1S/C10H21NO3/c1-7(10(2,3)4)9(14)11-5-8(13)6-12/h7-8,12-13H,5-6H2,1-4H3,(H,11,14). The Balaban J connectivity index is 3.97. The molecule has 0 spiro atoms. The van der Waals surface area contributed by atoms with Crippen LogP contribution >= 0.6 is 0 Å². The number of hydrogen-bond donors (Lipinski definition) is 3. The van der Waals surface area contributed by atoms with E-state index in [2.05, 4.69) is 5.32 Å². The number of aliphatic hydroxyl groups excluding tert-OH is 2. The van der Waals surface area contributed by atoms with Crippen molar-refractivity contribution < 1.29 is 15.0 Å². The molecule has 0 radical (unpaired) electrons. The topological polar surface area (TPSA) is 69.6 Å². The number of carbonyl (C=O) groups is 1. The molecule has 4 nitrogen and oxygen atoms in total. The molecule has 1 amide bonds. The zero-order valence-electron chi connectivity index (χ0n) is 9.37. The van der Waals surface area contributed by atoms with Crippen LogP contribution in [0.2, 0.25) is 0 Å². The second-order valence-corrected chi connectivity index (χ2v) is 4.67. The van der Waals surface area contributed by atoms with Crippen molar-refractivity contribution in [2.45, 2.75) is 33.8 Å². The van der Waals surface area contributed by atoms with E-state index in [0.29, 0.717) is 0 Å². The fourth-order valence-corrected chi connectivity index (χ4v) is 0.829. The average Bonchev–Trinajstić information content (AvgIpc) is 2.10. The summed E-state index contributed by atoms with van der Waals surface area (Å²) in [5, 5.41) is 20.2. The summed E-state index contributed by atoms with van der Waals surface area (Å²) < 4.78 is 0. The lowest BCUT2D eigenvalue weighted by molar-refractivity contribution is -0.128. The van der Waals surface area contributed by atoms with E-state index in [0.717, 1.165) is 0 Å². The second kappa shape index (κ2) is 5.32. The highest BCUT2D eigenvalue weighted by atomic mass is 16.3. The van der Waals surface area contributed by atoms with E-state index < -0.39 is 6.10 Å². The van der Waals surface area contributed by atoms with Crippen molar-refractivity contribution in [3.05, 3.63) is 0 Å². The smallest absolute Gasteiger partial charge is 0.223 e. The Hall–Kier alpha value is -0.610. The van der Waals surface area contributed by atoms with Crippen molar-refractivity contribution in [3.8, 4) is 0 Å². The second-order valence-electron chi connectivity index (χ2n) is 4.67. The summed E-state index contributed by atoms with van der Waals surface area (Å²) in [5.74, 6) is -0.210. The number of carbonyl (C=O) groups excluding carboxylic acids is 1. The van der Waals surface area contributed by atoms with Crippen LogP contribution in [0.1, 0.15) is 27.7 Å². The number of hydrogen-bond acceptors (Lipinski definition) is 3. The van der Waals surface area contributed by atoms with Crippen molar-refractivity contribution in [3.63, 3.8) is 0 Å². The summed E-state index contributed by atoms with van der Waals surface area (Å²) in [6.07, 6.45) is -0.869. The van der Waals surface area contributed by atoms with Gasteiger partial charge in [-0.2, -0.15) is 0 Å². The SMILES string of the molecule is CC(C(=O)NCC(O)CO)C(C)(C)C. The van der Waals surface area contributed by atoms with Gasteiger partial charge in [0.15, 0.2) is 0 Å². The highest BCUT2D eigenvalue weighted by Crippen LogP contribution is 2.25. The van der Waals surface area contributed by atoms with Crippen LogP contribution < -0.4 is 5.32 Å². The molecule has 0 aromatic carbocycles. The monoisotopic (exact) mass is 203 g/mol. The molecule has 0 saturated heterocycles. The first-order chi connectivity index (χ1) is 6.29. The van der Waals surface area contributed by atoms with Crippen LogP contribution in [0.4, 0.5) is 0 Å². The van der Waals surface area contributed by atoms with E-state index >= 15 is 0 Å². The molecule has 2 unspecified atom stereocenters. The third-order valence-electron chi connectivity index (χ3n) is 2.41. The van der Waals surface area contributed by atoms with Crippen LogP contribution in [0, 0.1) is 11.3 Å². The molecule has 0 aromatic heterocycles. The van der Waals surface area contributed by atoms with Gasteiger partial charge in [-0.05, 0) is 5.41 Å². The first kappa shape index (κ1) is 13.4. The summed E-state index contributed by atoms with van der Waals surface area (Å²) in [6, 6.07) is 0. The first-order valence-corrected chi connectivity index (χ1v) is 4.85. The third kappa shape index (κ3) is 4.58. The zero-order valence-corrected chi connectivity index (χ0v) is 9.37. The van der Waals surface area contributed by atoms with E-state index in [9.17, 15) is 4.79 Å². The maximum absolute atomic E-state index is 11.5. The van der Waals surface area contributed by atoms with E-state index in [1.165, 1.54) is 0 Å². The van der Waals surface area contributed by atoms with Crippen LogP contribution in [0.25, 0.3) is 0 Å². The van der Waals surface area contributed by atoms with E-state index in [-0.39, 0.29) is 30.4 Å². The van der Waals surface area contributed by atoms with Gasteiger partial charge in [0.25, 0.3) is 0 Å². The summed E-state index contributed by atoms with van der Waals surface area (Å²) in [5.41, 5.74) is -0.0890. The van der Waals surface area contributed by atoms with Crippen LogP contribution in [-0.2, 0) is 4.79 Å². The van der Waals surface area contributed by atoms with Gasteiger partial charge in [-0.15, -0.1) is 0 Å². The summed E-state index contributed by atoms with van der Waals surface area (Å²) in [7, 11) is 0. The zero-order chi connectivity index (χ0) is 11.4. The molecule has 3 N–H and O–H groups in total.